The Kier molecular flexibility index (Phi) is 3.91. The van der Waals surface area contributed by atoms with Crippen LogP contribution in [0.2, 0.25) is 0 Å². The minimum Gasteiger partial charge on any atom is -0.368 e. The van der Waals surface area contributed by atoms with Gasteiger partial charge in [-0.25, -0.2) is 4.39 Å². The van der Waals surface area contributed by atoms with Crippen LogP contribution in [0.15, 0.2) is 48.9 Å². The first-order valence-electron chi connectivity index (χ1n) is 8.27. The van der Waals surface area contributed by atoms with Gasteiger partial charge >= 0.3 is 0 Å². The van der Waals surface area contributed by atoms with Gasteiger partial charge in [0.1, 0.15) is 12.0 Å². The number of aryl methyl sites for hydroxylation is 1. The number of pyridine rings is 1. The normalized spacial score (nSPS) is 22.4. The number of anilines is 1. The molecule has 0 atom stereocenters. The van der Waals surface area contributed by atoms with Gasteiger partial charge in [-0.3, -0.25) is 9.67 Å². The molecule has 1 saturated carbocycles. The van der Waals surface area contributed by atoms with E-state index in [1.165, 1.54) is 0 Å². The highest BCUT2D eigenvalue weighted by Gasteiger charge is 2.46. The van der Waals surface area contributed by atoms with E-state index < -0.39 is 6.17 Å². The summed E-state index contributed by atoms with van der Waals surface area (Å²) in [4.78, 5) is 4.42. The van der Waals surface area contributed by atoms with Crippen molar-refractivity contribution < 1.29 is 4.39 Å². The molecule has 0 bridgehead atoms. The van der Waals surface area contributed by atoms with E-state index >= 15 is 0 Å². The lowest BCUT2D eigenvalue weighted by atomic mass is 9.65. The zero-order valence-electron chi connectivity index (χ0n) is 13.9. The molecule has 1 aliphatic carbocycles. The minimum absolute atomic E-state index is 0.273. The fourth-order valence-electron chi connectivity index (χ4n) is 3.30. The van der Waals surface area contributed by atoms with Crippen LogP contribution in [0.3, 0.4) is 0 Å². The molecular weight excluding hydrogens is 319 g/mol. The summed E-state index contributed by atoms with van der Waals surface area (Å²) in [6.45, 7) is 0.589. The molecule has 0 aliphatic heterocycles. The molecule has 0 radical (unpaired) electrons. The van der Waals surface area contributed by atoms with E-state index in [0.717, 1.165) is 17.0 Å². The standard InChI is InChI=1S/C18H19FN6/c1-25-11-13(10-22-25)15-5-6-17(24-23-15)21-12-18(8-14(19)9-18)16-4-2-3-7-20-16/h2-7,10-11,14H,8-9,12H2,1H3,(H,21,24). The second-order valence-electron chi connectivity index (χ2n) is 6.56. The second-order valence-corrected chi connectivity index (χ2v) is 6.56. The van der Waals surface area contributed by atoms with Gasteiger partial charge in [-0.15, -0.1) is 10.2 Å². The largest absolute Gasteiger partial charge is 0.368 e. The van der Waals surface area contributed by atoms with E-state index in [4.69, 9.17) is 0 Å². The van der Waals surface area contributed by atoms with E-state index in [-0.39, 0.29) is 5.41 Å². The van der Waals surface area contributed by atoms with Gasteiger partial charge in [0.05, 0.1) is 11.9 Å². The van der Waals surface area contributed by atoms with Crippen LogP contribution in [0.4, 0.5) is 10.2 Å². The molecule has 0 unspecified atom stereocenters. The molecule has 3 heterocycles. The maximum absolute atomic E-state index is 13.6. The van der Waals surface area contributed by atoms with Crippen LogP contribution in [0.1, 0.15) is 18.5 Å². The number of nitrogens with one attached hydrogen (secondary N) is 1. The van der Waals surface area contributed by atoms with Crippen LogP contribution >= 0.6 is 0 Å². The van der Waals surface area contributed by atoms with Crippen LogP contribution in [-0.4, -0.2) is 37.7 Å². The molecule has 0 spiro atoms. The Labute approximate surface area is 145 Å². The first-order valence-corrected chi connectivity index (χ1v) is 8.27. The molecule has 1 aliphatic rings. The molecular formula is C18H19FN6. The second kappa shape index (κ2) is 6.23. The van der Waals surface area contributed by atoms with E-state index in [2.05, 4.69) is 25.6 Å². The highest BCUT2D eigenvalue weighted by Crippen LogP contribution is 2.44. The van der Waals surface area contributed by atoms with Crippen molar-refractivity contribution in [3.05, 3.63) is 54.6 Å². The molecule has 128 valence electrons. The Morgan fingerprint density at radius 1 is 1.24 bits per heavy atom. The van der Waals surface area contributed by atoms with Crippen LogP contribution in [0, 0.1) is 0 Å². The van der Waals surface area contributed by atoms with Crippen LogP contribution < -0.4 is 5.32 Å². The van der Waals surface area contributed by atoms with Gasteiger partial charge in [0.25, 0.3) is 0 Å². The van der Waals surface area contributed by atoms with Crippen molar-refractivity contribution >= 4 is 5.82 Å². The summed E-state index contributed by atoms with van der Waals surface area (Å²) in [7, 11) is 1.86. The molecule has 25 heavy (non-hydrogen) atoms. The number of nitrogens with zero attached hydrogens (tertiary/aromatic N) is 5. The quantitative estimate of drug-likeness (QED) is 0.775. The summed E-state index contributed by atoms with van der Waals surface area (Å²) >= 11 is 0. The van der Waals surface area contributed by atoms with Crippen molar-refractivity contribution in [3.63, 3.8) is 0 Å². The molecule has 0 amide bonds. The maximum Gasteiger partial charge on any atom is 0.148 e. The third-order valence-corrected chi connectivity index (χ3v) is 4.71. The zero-order chi connectivity index (χ0) is 17.3. The third-order valence-electron chi connectivity index (χ3n) is 4.71. The monoisotopic (exact) mass is 338 g/mol. The Balaban J connectivity index is 1.47. The van der Waals surface area contributed by atoms with Crippen molar-refractivity contribution in [1.29, 1.82) is 0 Å². The van der Waals surface area contributed by atoms with Gasteiger partial charge in [-0.1, -0.05) is 6.07 Å². The summed E-state index contributed by atoms with van der Waals surface area (Å²) in [5.74, 6) is 0.672. The lowest BCUT2D eigenvalue weighted by Gasteiger charge is -2.43. The number of hydrogen-bond donors (Lipinski definition) is 1. The Bertz CT molecular complexity index is 840. The average Bonchev–Trinajstić information content (AvgIpc) is 3.05. The number of halogens is 1. The molecule has 3 aromatic heterocycles. The van der Waals surface area contributed by atoms with Gasteiger partial charge in [-0.2, -0.15) is 5.10 Å². The SMILES string of the molecule is Cn1cc(-c2ccc(NCC3(c4ccccn4)CC(F)C3)nn2)cn1. The highest BCUT2D eigenvalue weighted by molar-refractivity contribution is 5.57. The maximum atomic E-state index is 13.6. The predicted octanol–water partition coefficient (Wildman–Crippen LogP) is 2.75. The number of aromatic nitrogens is 5. The fourth-order valence-corrected chi connectivity index (χ4v) is 3.30. The molecule has 1 N–H and O–H groups in total. The van der Waals surface area contributed by atoms with Crippen molar-refractivity contribution in [2.45, 2.75) is 24.4 Å². The van der Waals surface area contributed by atoms with E-state index in [9.17, 15) is 4.39 Å². The summed E-state index contributed by atoms with van der Waals surface area (Å²) in [5, 5.41) is 15.9. The molecule has 4 rings (SSSR count). The fraction of sp³-hybridized carbons (Fsp3) is 0.333. The Morgan fingerprint density at radius 2 is 2.12 bits per heavy atom. The first kappa shape index (κ1) is 15.7. The molecule has 1 fully saturated rings. The van der Waals surface area contributed by atoms with E-state index in [1.807, 2.05) is 43.6 Å². The summed E-state index contributed by atoms with van der Waals surface area (Å²) in [6.07, 6.45) is 5.61. The van der Waals surface area contributed by atoms with Gasteiger partial charge in [0.15, 0.2) is 0 Å². The lowest BCUT2D eigenvalue weighted by Crippen LogP contribution is -2.48. The predicted molar refractivity (Wildman–Crippen MR) is 92.8 cm³/mol. The minimum atomic E-state index is -0.761. The van der Waals surface area contributed by atoms with Gasteiger partial charge < -0.3 is 5.32 Å². The number of rotatable bonds is 5. The van der Waals surface area contributed by atoms with Crippen LogP contribution in [0.5, 0.6) is 0 Å². The van der Waals surface area contributed by atoms with Gasteiger partial charge in [-0.05, 0) is 37.1 Å². The smallest absolute Gasteiger partial charge is 0.148 e. The highest BCUT2D eigenvalue weighted by atomic mass is 19.1. The summed E-state index contributed by atoms with van der Waals surface area (Å²) < 4.78 is 15.3. The first-order chi connectivity index (χ1) is 12.1. The van der Waals surface area contributed by atoms with Crippen molar-refractivity contribution in [3.8, 4) is 11.3 Å². The Morgan fingerprint density at radius 3 is 2.72 bits per heavy atom. The molecule has 0 saturated heterocycles. The van der Waals surface area contributed by atoms with Crippen molar-refractivity contribution in [1.82, 2.24) is 25.0 Å². The topological polar surface area (TPSA) is 68.5 Å². The van der Waals surface area contributed by atoms with Crippen LogP contribution in [0.25, 0.3) is 11.3 Å². The number of hydrogen-bond acceptors (Lipinski definition) is 5. The van der Waals surface area contributed by atoms with Crippen molar-refractivity contribution in [2.24, 2.45) is 7.05 Å². The van der Waals surface area contributed by atoms with E-state index in [0.29, 0.717) is 25.2 Å². The third kappa shape index (κ3) is 3.09. The van der Waals surface area contributed by atoms with Crippen LogP contribution in [-0.2, 0) is 12.5 Å². The zero-order valence-corrected chi connectivity index (χ0v) is 13.9. The van der Waals surface area contributed by atoms with Gasteiger partial charge in [0.2, 0.25) is 0 Å². The molecule has 0 aromatic carbocycles. The van der Waals surface area contributed by atoms with Gasteiger partial charge in [0, 0.05) is 42.7 Å². The molecule has 7 heteroatoms. The van der Waals surface area contributed by atoms with Crippen molar-refractivity contribution in [2.75, 3.05) is 11.9 Å². The Hall–Kier alpha value is -2.83. The molecule has 3 aromatic rings. The van der Waals surface area contributed by atoms with E-state index in [1.54, 1.807) is 17.1 Å². The summed E-state index contributed by atoms with van der Waals surface area (Å²) in [6, 6.07) is 9.56. The number of alkyl halides is 1. The average molecular weight is 338 g/mol. The lowest BCUT2D eigenvalue weighted by molar-refractivity contribution is 0.0996. The molecule has 6 nitrogen and oxygen atoms in total. The summed E-state index contributed by atoms with van der Waals surface area (Å²) in [5.41, 5.74) is 2.34.